The molecule has 0 spiro atoms. The smallest absolute Gasteiger partial charge is 0.324 e. The van der Waals surface area contributed by atoms with Crippen molar-refractivity contribution in [3.05, 3.63) is 120 Å². The summed E-state index contributed by atoms with van der Waals surface area (Å²) >= 11 is 0. The molecule has 51 heavy (non-hydrogen) atoms. The van der Waals surface area contributed by atoms with Crippen molar-refractivity contribution in [2.24, 2.45) is 10.8 Å². The maximum Gasteiger partial charge on any atom is 0.324 e. The molecule has 0 atom stereocenters. The standard InChI is InChI=1S/C41H40FN3O6/c1-40(2,3)35(46)27-50-39(48)41(38(47)49-26-29-10-6-4-7-11-29)20-22-45(23-21-41)25-28-14-16-31(17-15-28)36-43-37(51-44-36)32-18-19-33(34(42)24-32)30-12-8-5-9-13-30/h4-19,24H,20-23,25-27H2,1-3H3. The van der Waals surface area contributed by atoms with Crippen LogP contribution in [0.5, 0.6) is 0 Å². The molecule has 0 N–H and O–H groups in total. The quantitative estimate of drug-likeness (QED) is 0.102. The third-order valence-corrected chi connectivity index (χ3v) is 9.22. The SMILES string of the molecule is CC(C)(C)C(=O)COC(=O)C1(C(=O)OCc2ccccc2)CCN(Cc2ccc(-c3noc(-c4ccc(-c5ccccc5)c(F)c4)n3)cc2)CC1. The predicted molar refractivity (Wildman–Crippen MR) is 189 cm³/mol. The van der Waals surface area contributed by atoms with Gasteiger partial charge in [-0.3, -0.25) is 19.3 Å². The Hall–Kier alpha value is -5.48. The molecule has 0 bridgehead atoms. The first-order valence-corrected chi connectivity index (χ1v) is 16.9. The van der Waals surface area contributed by atoms with Crippen LogP contribution in [0.15, 0.2) is 108 Å². The number of benzene rings is 4. The molecule has 1 fully saturated rings. The number of halogens is 1. The van der Waals surface area contributed by atoms with Gasteiger partial charge in [0.1, 0.15) is 12.4 Å². The number of carbonyl (C=O) groups excluding carboxylic acids is 3. The molecule has 5 aromatic rings. The molecule has 1 aliphatic heterocycles. The summed E-state index contributed by atoms with van der Waals surface area (Å²) in [6, 6.07) is 31.1. The van der Waals surface area contributed by atoms with Gasteiger partial charge in [0.05, 0.1) is 0 Å². The first-order valence-electron chi connectivity index (χ1n) is 16.9. The molecule has 262 valence electrons. The minimum atomic E-state index is -1.51. The molecule has 0 saturated carbocycles. The van der Waals surface area contributed by atoms with Crippen molar-refractivity contribution in [1.29, 1.82) is 0 Å². The number of aromatic nitrogens is 2. The van der Waals surface area contributed by atoms with E-state index < -0.39 is 29.4 Å². The van der Waals surface area contributed by atoms with Gasteiger partial charge in [-0.05, 0) is 41.7 Å². The van der Waals surface area contributed by atoms with Crippen LogP contribution in [0.2, 0.25) is 0 Å². The fraction of sp³-hybridized carbons (Fsp3) is 0.293. The highest BCUT2D eigenvalue weighted by molar-refractivity contribution is 6.01. The van der Waals surface area contributed by atoms with E-state index in [1.54, 1.807) is 32.9 Å². The maximum atomic E-state index is 15.0. The number of ketones is 1. The Morgan fingerprint density at radius 2 is 1.41 bits per heavy atom. The molecule has 6 rings (SSSR count). The normalized spacial score (nSPS) is 14.5. The van der Waals surface area contributed by atoms with Crippen LogP contribution in [-0.2, 0) is 37.0 Å². The lowest BCUT2D eigenvalue weighted by Gasteiger charge is -2.38. The van der Waals surface area contributed by atoms with Gasteiger partial charge < -0.3 is 14.0 Å². The highest BCUT2D eigenvalue weighted by Gasteiger charge is 2.51. The monoisotopic (exact) mass is 689 g/mol. The van der Waals surface area contributed by atoms with Crippen molar-refractivity contribution < 1.29 is 32.8 Å². The summed E-state index contributed by atoms with van der Waals surface area (Å²) in [6.45, 7) is 6.37. The highest BCUT2D eigenvalue weighted by Crippen LogP contribution is 2.36. The molecule has 4 aromatic carbocycles. The molecule has 0 amide bonds. The van der Waals surface area contributed by atoms with Gasteiger partial charge in [0.25, 0.3) is 5.89 Å². The zero-order valence-corrected chi connectivity index (χ0v) is 28.9. The van der Waals surface area contributed by atoms with E-state index in [2.05, 4.69) is 15.0 Å². The second-order valence-corrected chi connectivity index (χ2v) is 13.9. The van der Waals surface area contributed by atoms with Gasteiger partial charge in [-0.1, -0.05) is 117 Å². The molecule has 1 aromatic heterocycles. The predicted octanol–water partition coefficient (Wildman–Crippen LogP) is 7.69. The lowest BCUT2D eigenvalue weighted by Crippen LogP contribution is -2.50. The first kappa shape index (κ1) is 35.3. The number of likely N-dealkylation sites (tertiary alicyclic amines) is 1. The summed E-state index contributed by atoms with van der Waals surface area (Å²) in [5, 5.41) is 4.11. The van der Waals surface area contributed by atoms with Crippen LogP contribution in [-0.4, -0.2) is 52.5 Å². The van der Waals surface area contributed by atoms with Crippen molar-refractivity contribution in [2.45, 2.75) is 46.8 Å². The summed E-state index contributed by atoms with van der Waals surface area (Å²) in [7, 11) is 0. The first-order chi connectivity index (χ1) is 24.5. The Morgan fingerprint density at radius 1 is 0.784 bits per heavy atom. The maximum absolute atomic E-state index is 15.0. The van der Waals surface area contributed by atoms with E-state index in [4.69, 9.17) is 14.0 Å². The molecule has 0 radical (unpaired) electrons. The minimum Gasteiger partial charge on any atom is -0.460 e. The molecule has 1 saturated heterocycles. The number of ether oxygens (including phenoxy) is 2. The number of esters is 2. The van der Waals surface area contributed by atoms with Crippen molar-refractivity contribution in [1.82, 2.24) is 15.0 Å². The Balaban J connectivity index is 1.09. The summed E-state index contributed by atoms with van der Waals surface area (Å²) in [4.78, 5) is 46.2. The highest BCUT2D eigenvalue weighted by atomic mass is 19.1. The van der Waals surface area contributed by atoms with Crippen LogP contribution in [0.4, 0.5) is 4.39 Å². The molecule has 2 heterocycles. The molecule has 0 unspecified atom stereocenters. The zero-order valence-electron chi connectivity index (χ0n) is 28.9. The fourth-order valence-electron chi connectivity index (χ4n) is 5.91. The van der Waals surface area contributed by atoms with E-state index in [1.807, 2.05) is 84.9 Å². The van der Waals surface area contributed by atoms with Crippen LogP contribution in [0.3, 0.4) is 0 Å². The molecule has 10 heteroatoms. The average molecular weight is 690 g/mol. The lowest BCUT2D eigenvalue weighted by molar-refractivity contribution is -0.178. The van der Waals surface area contributed by atoms with Gasteiger partial charge in [0.15, 0.2) is 17.8 Å². The minimum absolute atomic E-state index is 0.0327. The van der Waals surface area contributed by atoms with E-state index in [9.17, 15) is 18.8 Å². The van der Waals surface area contributed by atoms with Crippen molar-refractivity contribution in [3.63, 3.8) is 0 Å². The number of carbonyl (C=O) groups is 3. The van der Waals surface area contributed by atoms with E-state index in [1.165, 1.54) is 6.07 Å². The molecule has 9 nitrogen and oxygen atoms in total. The van der Waals surface area contributed by atoms with Gasteiger partial charge in [0, 0.05) is 41.7 Å². The van der Waals surface area contributed by atoms with Crippen molar-refractivity contribution >= 4 is 17.7 Å². The van der Waals surface area contributed by atoms with Crippen LogP contribution in [0.1, 0.15) is 44.7 Å². The number of rotatable bonds is 11. The second kappa shape index (κ2) is 15.2. The molecular formula is C41H40FN3O6. The Labute approximate surface area is 296 Å². The molecule has 0 aliphatic carbocycles. The van der Waals surface area contributed by atoms with Gasteiger partial charge in [0.2, 0.25) is 5.82 Å². The number of hydrogen-bond acceptors (Lipinski definition) is 9. The van der Waals surface area contributed by atoms with Crippen molar-refractivity contribution in [2.75, 3.05) is 19.7 Å². The molecule has 1 aliphatic rings. The van der Waals surface area contributed by atoms with Gasteiger partial charge in [-0.25, -0.2) is 4.39 Å². The van der Waals surface area contributed by atoms with E-state index >= 15 is 0 Å². The third kappa shape index (κ3) is 8.29. The zero-order chi connectivity index (χ0) is 36.0. The Bertz CT molecular complexity index is 1980. The third-order valence-electron chi connectivity index (χ3n) is 9.22. The van der Waals surface area contributed by atoms with E-state index in [0.29, 0.717) is 36.6 Å². The Morgan fingerprint density at radius 3 is 2.06 bits per heavy atom. The topological polar surface area (TPSA) is 112 Å². The van der Waals surface area contributed by atoms with E-state index in [-0.39, 0.29) is 36.9 Å². The van der Waals surface area contributed by atoms with E-state index in [0.717, 1.165) is 22.3 Å². The number of piperidine rings is 1. The average Bonchev–Trinajstić information content (AvgIpc) is 3.64. The Kier molecular flexibility index (Phi) is 10.5. The number of nitrogens with zero attached hydrogens (tertiary/aromatic N) is 3. The summed E-state index contributed by atoms with van der Waals surface area (Å²) in [5.41, 5.74) is 2.13. The summed E-state index contributed by atoms with van der Waals surface area (Å²) in [6.07, 6.45) is 0.389. The van der Waals surface area contributed by atoms with Gasteiger partial charge >= 0.3 is 11.9 Å². The largest absolute Gasteiger partial charge is 0.460 e. The molecular weight excluding hydrogens is 649 g/mol. The second-order valence-electron chi connectivity index (χ2n) is 13.9. The van der Waals surface area contributed by atoms with Crippen LogP contribution < -0.4 is 0 Å². The number of Topliss-reactive ketones (excluding diaryl/α,β-unsaturated/α-hetero) is 1. The van der Waals surface area contributed by atoms with Crippen LogP contribution in [0, 0.1) is 16.6 Å². The number of hydrogen-bond donors (Lipinski definition) is 0. The van der Waals surface area contributed by atoms with Crippen LogP contribution >= 0.6 is 0 Å². The fourth-order valence-corrected chi connectivity index (χ4v) is 5.91. The van der Waals surface area contributed by atoms with Gasteiger partial charge in [-0.2, -0.15) is 4.98 Å². The summed E-state index contributed by atoms with van der Waals surface area (Å²) in [5.74, 6) is -1.38. The van der Waals surface area contributed by atoms with Crippen LogP contribution in [0.25, 0.3) is 34.0 Å². The summed E-state index contributed by atoms with van der Waals surface area (Å²) < 4.78 is 31.6. The lowest BCUT2D eigenvalue weighted by atomic mass is 9.78. The van der Waals surface area contributed by atoms with Gasteiger partial charge in [-0.15, -0.1) is 0 Å². The van der Waals surface area contributed by atoms with Crippen molar-refractivity contribution in [3.8, 4) is 34.0 Å².